The first-order valence-corrected chi connectivity index (χ1v) is 4.62. The quantitative estimate of drug-likeness (QED) is 0.418. The lowest BCUT2D eigenvalue weighted by Crippen LogP contribution is -1.90. The van der Waals surface area contributed by atoms with Gasteiger partial charge >= 0.3 is 0 Å². The molecule has 0 saturated heterocycles. The van der Waals surface area contributed by atoms with Gasteiger partial charge in [0.15, 0.2) is 0 Å². The molecule has 0 aliphatic carbocycles. The predicted molar refractivity (Wildman–Crippen MR) is 55.9 cm³/mol. The second-order valence-electron chi connectivity index (χ2n) is 1.98. The summed E-state index contributed by atoms with van der Waals surface area (Å²) in [7, 11) is 0. The molecule has 0 atom stereocenters. The lowest BCUT2D eigenvalue weighted by molar-refractivity contribution is 1.67. The molecule has 0 amide bonds. The maximum atomic E-state index is 5.68. The van der Waals surface area contributed by atoms with E-state index in [1.165, 1.54) is 0 Å². The average molecular weight is 271 g/mol. The average Bonchev–Trinajstić information content (AvgIpc) is 2.08. The predicted octanol–water partition coefficient (Wildman–Crippen LogP) is 4.54. The Morgan fingerprint density at radius 2 is 0.833 bits per heavy atom. The fourth-order valence-electron chi connectivity index (χ4n) is 0.622. The van der Waals surface area contributed by atoms with Gasteiger partial charge in [-0.1, -0.05) is 58.0 Å². The maximum absolute atomic E-state index is 5.68. The molecule has 1 aromatic carbocycles. The Kier molecular flexibility index (Phi) is 3.24. The van der Waals surface area contributed by atoms with E-state index in [1.807, 2.05) is 0 Å². The highest BCUT2D eigenvalue weighted by molar-refractivity contribution is 6.56. The number of hydrogen-bond acceptors (Lipinski definition) is 1. The first-order valence-electron chi connectivity index (χ1n) is 2.73. The second kappa shape index (κ2) is 3.69. The van der Waals surface area contributed by atoms with Gasteiger partial charge in [-0.05, 0) is 0 Å². The van der Waals surface area contributed by atoms with Crippen molar-refractivity contribution in [2.75, 3.05) is 5.73 Å². The molecule has 12 heavy (non-hydrogen) atoms. The zero-order valence-electron chi connectivity index (χ0n) is 5.47. The van der Waals surface area contributed by atoms with Gasteiger partial charge in [-0.15, -0.1) is 0 Å². The SMILES string of the molecule is N[13c]1[13c](Cl)[13c](Cl)[13c](Cl)[13c](Cl)[13c]1Cl. The van der Waals surface area contributed by atoms with Crippen molar-refractivity contribution in [3.8, 4) is 0 Å². The molecule has 0 fully saturated rings. The van der Waals surface area contributed by atoms with Gasteiger partial charge in [0.1, 0.15) is 0 Å². The molecule has 6 heteroatoms. The smallest absolute Gasteiger partial charge is 0.0853 e. The minimum Gasteiger partial charge on any atom is -0.396 e. The van der Waals surface area contributed by atoms with Crippen LogP contribution in [0.2, 0.25) is 25.1 Å². The number of rotatable bonds is 0. The Morgan fingerprint density at radius 3 is 1.17 bits per heavy atom. The number of benzene rings is 1. The first kappa shape index (κ1) is 10.6. The lowest BCUT2D eigenvalue weighted by Gasteiger charge is -2.07. The summed E-state index contributed by atoms with van der Waals surface area (Å²) >= 11 is 28.4. The van der Waals surface area contributed by atoms with Crippen LogP contribution in [0.25, 0.3) is 0 Å². The summed E-state index contributed by atoms with van der Waals surface area (Å²) in [5.74, 6) is 0. The largest absolute Gasteiger partial charge is 0.396 e. The summed E-state index contributed by atoms with van der Waals surface area (Å²) in [6.45, 7) is 0. The number of anilines is 1. The van der Waals surface area contributed by atoms with Gasteiger partial charge in [0.05, 0.1) is 30.8 Å². The monoisotopic (exact) mass is 269 g/mol. The third-order valence-corrected chi connectivity index (χ3v) is 3.55. The summed E-state index contributed by atoms with van der Waals surface area (Å²) in [6, 6.07) is 0. The molecular weight excluding hydrogens is 269 g/mol. The topological polar surface area (TPSA) is 26.0 Å². The van der Waals surface area contributed by atoms with Gasteiger partial charge in [-0.25, -0.2) is 0 Å². The van der Waals surface area contributed by atoms with E-state index in [0.29, 0.717) is 0 Å². The molecule has 0 saturated carbocycles. The number of nitrogens with two attached hydrogens (primary N) is 1. The van der Waals surface area contributed by atoms with Crippen molar-refractivity contribution >= 4 is 63.7 Å². The number of hydrogen-bond donors (Lipinski definition) is 1. The van der Waals surface area contributed by atoms with E-state index in [0.717, 1.165) is 0 Å². The van der Waals surface area contributed by atoms with E-state index in [-0.39, 0.29) is 30.8 Å². The molecular formula is C6H2Cl5N. The summed E-state index contributed by atoms with van der Waals surface area (Å²) in [5.41, 5.74) is 5.60. The molecule has 0 radical (unpaired) electrons. The zero-order chi connectivity index (χ0) is 9.46. The molecule has 0 aliphatic heterocycles. The molecule has 2 N–H and O–H groups in total. The molecule has 0 spiro atoms. The molecule has 1 aromatic rings. The first-order chi connectivity index (χ1) is 5.46. The standard InChI is InChI=1S/C6H2Cl5N/c7-1-2(8)4(10)6(12)5(11)3(1)9/h12H2/i1+1,2+1,3+1,4+1,5+1,6+1. The van der Waals surface area contributed by atoms with E-state index >= 15 is 0 Å². The third-order valence-electron chi connectivity index (χ3n) is 1.24. The van der Waals surface area contributed by atoms with Crippen molar-refractivity contribution in [1.82, 2.24) is 0 Å². The molecule has 1 rings (SSSR count). The van der Waals surface area contributed by atoms with E-state index in [9.17, 15) is 0 Å². The maximum Gasteiger partial charge on any atom is 0.0853 e. The molecule has 0 unspecified atom stereocenters. The van der Waals surface area contributed by atoms with Gasteiger partial charge < -0.3 is 5.73 Å². The van der Waals surface area contributed by atoms with Crippen LogP contribution in [0.1, 0.15) is 0 Å². The van der Waals surface area contributed by atoms with E-state index in [4.69, 9.17) is 63.7 Å². The Balaban J connectivity index is 3.60. The zero-order valence-corrected chi connectivity index (χ0v) is 9.25. The minimum atomic E-state index is 0.113. The van der Waals surface area contributed by atoms with E-state index < -0.39 is 0 Å². The van der Waals surface area contributed by atoms with Crippen molar-refractivity contribution in [3.63, 3.8) is 0 Å². The normalized spacial score (nSPS) is 10.4. The third kappa shape index (κ3) is 1.57. The van der Waals surface area contributed by atoms with Crippen LogP contribution in [0, 0.1) is 0 Å². The summed E-state index contributed by atoms with van der Waals surface area (Å²) < 4.78 is 0. The molecule has 0 aliphatic rings. The van der Waals surface area contributed by atoms with Crippen LogP contribution >= 0.6 is 58.0 Å². The molecule has 66 valence electrons. The number of halogens is 5. The van der Waals surface area contributed by atoms with Crippen LogP contribution in [-0.4, -0.2) is 0 Å². The van der Waals surface area contributed by atoms with Crippen LogP contribution in [0.4, 0.5) is 5.69 Å². The minimum absolute atomic E-state index is 0.113. The molecule has 0 heterocycles. The lowest BCUT2D eigenvalue weighted by atomic mass is 11.3. The Bertz CT molecular complexity index is 230. The fraction of sp³-hybridized carbons (Fsp3) is 0. The summed E-state index contributed by atoms with van der Waals surface area (Å²) in [5, 5.41) is 0.588. The van der Waals surface area contributed by atoms with Gasteiger partial charge in [0.25, 0.3) is 0 Å². The van der Waals surface area contributed by atoms with Crippen molar-refractivity contribution in [2.24, 2.45) is 0 Å². The van der Waals surface area contributed by atoms with Gasteiger partial charge in [0, 0.05) is 0 Å². The molecule has 0 aromatic heterocycles. The number of nitrogen functional groups attached to an aromatic ring is 1. The van der Waals surface area contributed by atoms with Crippen molar-refractivity contribution in [1.29, 1.82) is 0 Å². The Morgan fingerprint density at radius 1 is 0.583 bits per heavy atom. The van der Waals surface area contributed by atoms with Gasteiger partial charge in [0.2, 0.25) is 0 Å². The molecule has 1 nitrogen and oxygen atoms in total. The summed E-state index contributed by atoms with van der Waals surface area (Å²) in [4.78, 5) is 0. The van der Waals surface area contributed by atoms with Crippen LogP contribution in [0.5, 0.6) is 0 Å². The van der Waals surface area contributed by atoms with Crippen LogP contribution < -0.4 is 5.73 Å². The highest BCUT2D eigenvalue weighted by Crippen LogP contribution is 2.45. The van der Waals surface area contributed by atoms with Crippen LogP contribution in [0.15, 0.2) is 0 Å². The highest BCUT2D eigenvalue weighted by Gasteiger charge is 2.16. The van der Waals surface area contributed by atoms with E-state index in [2.05, 4.69) is 0 Å². The van der Waals surface area contributed by atoms with Crippen LogP contribution in [0.3, 0.4) is 0 Å². The van der Waals surface area contributed by atoms with Crippen molar-refractivity contribution < 1.29 is 0 Å². The Hall–Kier alpha value is 0.470. The van der Waals surface area contributed by atoms with Crippen LogP contribution in [-0.2, 0) is 0 Å². The van der Waals surface area contributed by atoms with E-state index in [1.54, 1.807) is 0 Å². The fourth-order valence-corrected chi connectivity index (χ4v) is 1.77. The van der Waals surface area contributed by atoms with Crippen molar-refractivity contribution in [2.45, 2.75) is 0 Å². The summed E-state index contributed by atoms with van der Waals surface area (Å²) in [6.07, 6.45) is 0. The van der Waals surface area contributed by atoms with Crippen molar-refractivity contribution in [3.05, 3.63) is 25.1 Å². The highest BCUT2D eigenvalue weighted by atomic mass is 35.5. The second-order valence-corrected chi connectivity index (χ2v) is 3.87. The Labute approximate surface area is 94.3 Å². The van der Waals surface area contributed by atoms with Gasteiger partial charge in [-0.3, -0.25) is 0 Å². The van der Waals surface area contributed by atoms with Gasteiger partial charge in [-0.2, -0.15) is 0 Å². The molecule has 0 bridgehead atoms.